The lowest BCUT2D eigenvalue weighted by Crippen LogP contribution is -2.62. The zero-order valence-corrected chi connectivity index (χ0v) is 19.3. The maximum absolute atomic E-state index is 11.7. The molecule has 0 radical (unpaired) electrons. The van der Waals surface area contributed by atoms with Crippen molar-refractivity contribution in [3.63, 3.8) is 0 Å². The molecule has 0 aromatic heterocycles. The molecule has 29 heavy (non-hydrogen) atoms. The summed E-state index contributed by atoms with van der Waals surface area (Å²) in [6.07, 6.45) is 10.9. The molecule has 3 nitrogen and oxygen atoms in total. The van der Waals surface area contributed by atoms with Crippen LogP contribution >= 0.6 is 0 Å². The van der Waals surface area contributed by atoms with Crippen LogP contribution < -0.4 is 0 Å². The second-order valence-corrected chi connectivity index (χ2v) is 12.0. The van der Waals surface area contributed by atoms with E-state index in [-0.39, 0.29) is 12.2 Å². The van der Waals surface area contributed by atoms with Crippen molar-refractivity contribution in [1.82, 2.24) is 0 Å². The number of fused-ring (bicyclic) bond motifs is 5. The van der Waals surface area contributed by atoms with Crippen LogP contribution in [0.1, 0.15) is 91.9 Å². The topological polar surface area (TPSA) is 60.7 Å². The highest BCUT2D eigenvalue weighted by atomic mass is 16.3. The smallest absolute Gasteiger partial charge is 0.0605 e. The summed E-state index contributed by atoms with van der Waals surface area (Å²) in [7, 11) is 0. The minimum Gasteiger partial charge on any atom is -0.396 e. The normalized spacial score (nSPS) is 53.1. The molecule has 0 amide bonds. The molecule has 0 saturated heterocycles. The van der Waals surface area contributed by atoms with Gasteiger partial charge >= 0.3 is 0 Å². The van der Waals surface area contributed by atoms with Crippen molar-refractivity contribution >= 4 is 0 Å². The summed E-state index contributed by atoms with van der Waals surface area (Å²) in [5.41, 5.74) is 0.651. The largest absolute Gasteiger partial charge is 0.396 e. The Morgan fingerprint density at radius 1 is 0.931 bits per heavy atom. The molecule has 0 bridgehead atoms. The molecule has 0 spiro atoms. The molecular weight excluding hydrogens is 360 g/mol. The Labute approximate surface area is 178 Å². The third-order valence-electron chi connectivity index (χ3n) is 11.0. The first-order chi connectivity index (χ1) is 13.8. The quantitative estimate of drug-likeness (QED) is 0.601. The van der Waals surface area contributed by atoms with Gasteiger partial charge in [0.1, 0.15) is 0 Å². The van der Waals surface area contributed by atoms with Crippen molar-refractivity contribution in [1.29, 1.82) is 0 Å². The molecule has 4 fully saturated rings. The summed E-state index contributed by atoms with van der Waals surface area (Å²) >= 11 is 0. The molecule has 4 aliphatic rings. The predicted molar refractivity (Wildman–Crippen MR) is 117 cm³/mol. The molecular formula is C26H46O3. The SMILES string of the molecule is CC[C@H]1C2C[C@@H](O)CC[C@]2(C)C2CC[C@@]3(C)C(CC[C@@H]3[C@H](C)CCCO)C2[C@H]1O. The second-order valence-electron chi connectivity index (χ2n) is 12.0. The molecule has 4 saturated carbocycles. The van der Waals surface area contributed by atoms with Gasteiger partial charge in [0.25, 0.3) is 0 Å². The highest BCUT2D eigenvalue weighted by Crippen LogP contribution is 2.69. The average molecular weight is 407 g/mol. The number of hydrogen-bond acceptors (Lipinski definition) is 3. The summed E-state index contributed by atoms with van der Waals surface area (Å²) < 4.78 is 0. The van der Waals surface area contributed by atoms with Gasteiger partial charge in [-0.2, -0.15) is 0 Å². The number of hydrogen-bond donors (Lipinski definition) is 3. The molecule has 0 aliphatic heterocycles. The van der Waals surface area contributed by atoms with Crippen LogP contribution in [0.3, 0.4) is 0 Å². The van der Waals surface area contributed by atoms with Gasteiger partial charge < -0.3 is 15.3 Å². The first-order valence-electron chi connectivity index (χ1n) is 12.7. The Morgan fingerprint density at radius 2 is 1.62 bits per heavy atom. The third-order valence-corrected chi connectivity index (χ3v) is 11.0. The van der Waals surface area contributed by atoms with Gasteiger partial charge in [0, 0.05) is 6.61 Å². The van der Waals surface area contributed by atoms with Gasteiger partial charge in [-0.1, -0.05) is 34.1 Å². The standard InChI is InChI=1S/C26H46O3/c1-5-18-22-15-17(28)10-12-26(22,4)21-11-13-25(3)19(16(2)7-6-14-27)8-9-20(25)23(21)24(18)29/h16-24,27-29H,5-15H2,1-4H3/t16-,17+,18+,19-,20?,21?,22?,23?,24+,25-,26-/m1/s1. The Balaban J connectivity index is 1.63. The van der Waals surface area contributed by atoms with Crippen LogP contribution in [0.5, 0.6) is 0 Å². The fourth-order valence-electron chi connectivity index (χ4n) is 9.55. The first kappa shape index (κ1) is 22.1. The van der Waals surface area contributed by atoms with Crippen molar-refractivity contribution in [3.8, 4) is 0 Å². The van der Waals surface area contributed by atoms with Crippen LogP contribution in [0.2, 0.25) is 0 Å². The summed E-state index contributed by atoms with van der Waals surface area (Å²) in [5, 5.41) is 31.4. The maximum Gasteiger partial charge on any atom is 0.0605 e. The fraction of sp³-hybridized carbons (Fsp3) is 1.00. The van der Waals surface area contributed by atoms with E-state index < -0.39 is 0 Å². The molecule has 0 aromatic rings. The van der Waals surface area contributed by atoms with E-state index in [4.69, 9.17) is 0 Å². The predicted octanol–water partition coefficient (Wildman–Crippen LogP) is 5.02. The minimum absolute atomic E-state index is 0.164. The lowest BCUT2D eigenvalue weighted by molar-refractivity contribution is -0.203. The van der Waals surface area contributed by atoms with Crippen LogP contribution in [0.25, 0.3) is 0 Å². The van der Waals surface area contributed by atoms with Gasteiger partial charge in [-0.05, 0) is 110 Å². The van der Waals surface area contributed by atoms with E-state index >= 15 is 0 Å². The maximum atomic E-state index is 11.7. The minimum atomic E-state index is -0.190. The van der Waals surface area contributed by atoms with Crippen molar-refractivity contribution in [2.75, 3.05) is 6.61 Å². The summed E-state index contributed by atoms with van der Waals surface area (Å²) in [5.74, 6) is 3.97. The molecule has 4 rings (SSSR count). The molecule has 4 aliphatic carbocycles. The van der Waals surface area contributed by atoms with Crippen LogP contribution in [-0.2, 0) is 0 Å². The molecule has 0 heterocycles. The number of aliphatic hydroxyl groups excluding tert-OH is 3. The van der Waals surface area contributed by atoms with E-state index in [0.717, 1.165) is 44.4 Å². The Bertz CT molecular complexity index is 578. The van der Waals surface area contributed by atoms with E-state index in [1.54, 1.807) is 0 Å². The van der Waals surface area contributed by atoms with Gasteiger partial charge in [-0.3, -0.25) is 0 Å². The van der Waals surface area contributed by atoms with Crippen molar-refractivity contribution in [2.24, 2.45) is 52.3 Å². The number of rotatable bonds is 5. The highest BCUT2D eigenvalue weighted by Gasteiger charge is 2.64. The van der Waals surface area contributed by atoms with Gasteiger partial charge in [-0.15, -0.1) is 0 Å². The van der Waals surface area contributed by atoms with Crippen molar-refractivity contribution in [2.45, 2.75) is 104 Å². The number of aliphatic hydroxyl groups is 3. The van der Waals surface area contributed by atoms with Gasteiger partial charge in [0.15, 0.2) is 0 Å². The van der Waals surface area contributed by atoms with Crippen LogP contribution in [0, 0.1) is 52.3 Å². The summed E-state index contributed by atoms with van der Waals surface area (Å²) in [6.45, 7) is 10.0. The molecule has 168 valence electrons. The Morgan fingerprint density at radius 3 is 2.31 bits per heavy atom. The van der Waals surface area contributed by atoms with E-state index in [9.17, 15) is 15.3 Å². The monoisotopic (exact) mass is 406 g/mol. The van der Waals surface area contributed by atoms with E-state index in [0.29, 0.717) is 52.9 Å². The lowest BCUT2D eigenvalue weighted by Gasteiger charge is -2.64. The zero-order valence-electron chi connectivity index (χ0n) is 19.3. The summed E-state index contributed by atoms with van der Waals surface area (Å²) in [4.78, 5) is 0. The zero-order chi connectivity index (χ0) is 21.0. The lowest BCUT2D eigenvalue weighted by atomic mass is 9.41. The van der Waals surface area contributed by atoms with Crippen LogP contribution in [0.15, 0.2) is 0 Å². The Hall–Kier alpha value is -0.120. The van der Waals surface area contributed by atoms with Gasteiger partial charge in [-0.25, -0.2) is 0 Å². The summed E-state index contributed by atoms with van der Waals surface area (Å²) in [6, 6.07) is 0. The third kappa shape index (κ3) is 3.33. The van der Waals surface area contributed by atoms with Gasteiger partial charge in [0.05, 0.1) is 12.2 Å². The fourth-order valence-corrected chi connectivity index (χ4v) is 9.55. The van der Waals surface area contributed by atoms with Gasteiger partial charge in [0.2, 0.25) is 0 Å². The van der Waals surface area contributed by atoms with E-state index in [2.05, 4.69) is 27.7 Å². The Kier molecular flexibility index (Phi) is 6.17. The van der Waals surface area contributed by atoms with Crippen LogP contribution in [-0.4, -0.2) is 34.1 Å². The second kappa shape index (κ2) is 8.10. The molecule has 3 N–H and O–H groups in total. The molecule has 4 unspecified atom stereocenters. The molecule has 3 heteroatoms. The van der Waals surface area contributed by atoms with Crippen molar-refractivity contribution in [3.05, 3.63) is 0 Å². The molecule has 11 atom stereocenters. The van der Waals surface area contributed by atoms with E-state index in [1.165, 1.54) is 25.7 Å². The highest BCUT2D eigenvalue weighted by molar-refractivity contribution is 5.13. The van der Waals surface area contributed by atoms with Crippen molar-refractivity contribution < 1.29 is 15.3 Å². The molecule has 0 aromatic carbocycles. The average Bonchev–Trinajstić information content (AvgIpc) is 3.05. The van der Waals surface area contributed by atoms with Crippen LogP contribution in [0.4, 0.5) is 0 Å². The first-order valence-corrected chi connectivity index (χ1v) is 12.7. The van der Waals surface area contributed by atoms with E-state index in [1.807, 2.05) is 0 Å².